The van der Waals surface area contributed by atoms with Gasteiger partial charge in [-0.05, 0) is 6.92 Å². The zero-order chi connectivity index (χ0) is 13.9. The van der Waals surface area contributed by atoms with E-state index in [1.54, 1.807) is 6.92 Å². The van der Waals surface area contributed by atoms with Crippen LogP contribution in [0.5, 0.6) is 0 Å². The van der Waals surface area contributed by atoms with Gasteiger partial charge in [0.2, 0.25) is 0 Å². The predicted molar refractivity (Wildman–Crippen MR) is 61.9 cm³/mol. The Morgan fingerprint density at radius 3 is 2.72 bits per heavy atom. The van der Waals surface area contributed by atoms with Crippen molar-refractivity contribution in [1.82, 2.24) is 0 Å². The van der Waals surface area contributed by atoms with Gasteiger partial charge >= 0.3 is 5.97 Å². The van der Waals surface area contributed by atoms with Crippen LogP contribution in [-0.4, -0.2) is 22.0 Å². The van der Waals surface area contributed by atoms with Crippen LogP contribution in [0.2, 0.25) is 0 Å². The first-order chi connectivity index (χ1) is 8.36. The van der Waals surface area contributed by atoms with E-state index in [1.165, 1.54) is 0 Å². The molecule has 1 aromatic rings. The van der Waals surface area contributed by atoms with Gasteiger partial charge < -0.3 is 10.4 Å². The highest BCUT2D eigenvalue weighted by molar-refractivity contribution is 5.90. The highest BCUT2D eigenvalue weighted by Gasteiger charge is 2.22. The Hall–Kier alpha value is -2.62. The predicted octanol–water partition coefficient (Wildman–Crippen LogP) is 1.87. The molecule has 0 spiro atoms. The molecule has 0 aromatic heterocycles. The second kappa shape index (κ2) is 5.14. The lowest BCUT2D eigenvalue weighted by Crippen LogP contribution is -2.14. The zero-order valence-electron chi connectivity index (χ0n) is 9.31. The molecule has 1 unspecified atom stereocenters. The third-order valence-corrected chi connectivity index (χ3v) is 2.13. The molecule has 0 aliphatic rings. The largest absolute Gasteiger partial charge is 0.478 e. The lowest BCUT2D eigenvalue weighted by molar-refractivity contribution is -0.384. The topological polar surface area (TPSA) is 92.5 Å². The van der Waals surface area contributed by atoms with Crippen molar-refractivity contribution in [2.24, 2.45) is 0 Å². The van der Waals surface area contributed by atoms with Crippen molar-refractivity contribution in [3.05, 3.63) is 33.6 Å². The molecule has 6 nitrogen and oxygen atoms in total. The summed E-state index contributed by atoms with van der Waals surface area (Å²) in [5.41, 5.74) is -1.47. The van der Waals surface area contributed by atoms with Gasteiger partial charge in [0, 0.05) is 12.1 Å². The number of hydrogen-bond donors (Lipinski definition) is 2. The smallest absolute Gasteiger partial charge is 0.338 e. The Bertz CT molecular complexity index is 551. The Morgan fingerprint density at radius 1 is 1.67 bits per heavy atom. The van der Waals surface area contributed by atoms with E-state index in [1.807, 2.05) is 0 Å². The number of nitrogens with zero attached hydrogens (tertiary/aromatic N) is 1. The number of carbonyl (C=O) groups is 1. The summed E-state index contributed by atoms with van der Waals surface area (Å²) >= 11 is 0. The Kier molecular flexibility index (Phi) is 3.84. The molecule has 1 aromatic carbocycles. The fourth-order valence-electron chi connectivity index (χ4n) is 1.27. The molecule has 7 heteroatoms. The van der Waals surface area contributed by atoms with Gasteiger partial charge in [-0.1, -0.05) is 5.92 Å². The van der Waals surface area contributed by atoms with Crippen molar-refractivity contribution in [1.29, 1.82) is 0 Å². The summed E-state index contributed by atoms with van der Waals surface area (Å²) in [5.74, 6) is -0.382. The van der Waals surface area contributed by atoms with Crippen molar-refractivity contribution in [3.8, 4) is 12.3 Å². The first kappa shape index (κ1) is 13.4. The number of carboxylic acids is 1. The fourth-order valence-corrected chi connectivity index (χ4v) is 1.27. The third-order valence-electron chi connectivity index (χ3n) is 2.13. The molecule has 0 saturated heterocycles. The van der Waals surface area contributed by atoms with Crippen LogP contribution in [0.3, 0.4) is 0 Å². The number of terminal acetylenes is 1. The van der Waals surface area contributed by atoms with Crippen LogP contribution in [-0.2, 0) is 0 Å². The van der Waals surface area contributed by atoms with Crippen LogP contribution >= 0.6 is 0 Å². The summed E-state index contributed by atoms with van der Waals surface area (Å²) < 4.78 is 13.4. The van der Waals surface area contributed by atoms with Gasteiger partial charge in [-0.25, -0.2) is 9.18 Å². The van der Waals surface area contributed by atoms with Crippen LogP contribution in [0, 0.1) is 28.3 Å². The number of hydrogen-bond acceptors (Lipinski definition) is 4. The van der Waals surface area contributed by atoms with E-state index in [-0.39, 0.29) is 5.69 Å². The molecule has 1 rings (SSSR count). The van der Waals surface area contributed by atoms with Crippen LogP contribution in [0.25, 0.3) is 0 Å². The monoisotopic (exact) mass is 252 g/mol. The Labute approximate surface area is 102 Å². The lowest BCUT2D eigenvalue weighted by Gasteiger charge is -2.10. The van der Waals surface area contributed by atoms with Crippen LogP contribution in [0.4, 0.5) is 15.8 Å². The first-order valence-corrected chi connectivity index (χ1v) is 4.80. The molecule has 0 aliphatic heterocycles. The summed E-state index contributed by atoms with van der Waals surface area (Å²) in [6.45, 7) is 1.55. The standard InChI is InChI=1S/C11H9FN2O4/c1-3-6(2)13-9-5-8(12)7(11(15)16)4-10(9)14(17)18/h1,4-6,13H,2H3,(H,15,16). The van der Waals surface area contributed by atoms with Gasteiger partial charge in [0.05, 0.1) is 11.0 Å². The molecule has 2 N–H and O–H groups in total. The van der Waals surface area contributed by atoms with E-state index in [9.17, 15) is 19.3 Å². The number of halogens is 1. The van der Waals surface area contributed by atoms with Gasteiger partial charge in [0.1, 0.15) is 17.1 Å². The van der Waals surface area contributed by atoms with Gasteiger partial charge in [0.25, 0.3) is 5.69 Å². The number of rotatable bonds is 4. The number of nitro benzene ring substituents is 1. The number of carboxylic acid groups (broad SMARTS) is 1. The second-order valence-corrected chi connectivity index (χ2v) is 3.44. The van der Waals surface area contributed by atoms with Crippen molar-refractivity contribution in [3.63, 3.8) is 0 Å². The summed E-state index contributed by atoms with van der Waals surface area (Å²) in [5, 5.41) is 22.0. The summed E-state index contributed by atoms with van der Waals surface area (Å²) in [6.07, 6.45) is 5.09. The number of benzene rings is 1. The fraction of sp³-hybridized carbons (Fsp3) is 0.182. The minimum atomic E-state index is -1.58. The maximum atomic E-state index is 13.4. The number of nitro groups is 1. The third kappa shape index (κ3) is 2.74. The average molecular weight is 252 g/mol. The molecule has 0 fully saturated rings. The first-order valence-electron chi connectivity index (χ1n) is 4.80. The molecule has 1 atom stereocenters. The highest BCUT2D eigenvalue weighted by atomic mass is 19.1. The molecule has 0 bridgehead atoms. The van der Waals surface area contributed by atoms with Crippen molar-refractivity contribution in [2.45, 2.75) is 13.0 Å². The number of aromatic carboxylic acids is 1. The number of nitrogens with one attached hydrogen (secondary N) is 1. The highest BCUT2D eigenvalue weighted by Crippen LogP contribution is 2.28. The molecule has 18 heavy (non-hydrogen) atoms. The minimum Gasteiger partial charge on any atom is -0.478 e. The molecular weight excluding hydrogens is 243 g/mol. The van der Waals surface area contributed by atoms with Gasteiger partial charge in [-0.3, -0.25) is 10.1 Å². The molecule has 0 amide bonds. The van der Waals surface area contributed by atoms with Crippen molar-refractivity contribution < 1.29 is 19.2 Å². The van der Waals surface area contributed by atoms with Gasteiger partial charge in [0.15, 0.2) is 0 Å². The number of anilines is 1. The zero-order valence-corrected chi connectivity index (χ0v) is 9.31. The van der Waals surface area contributed by atoms with Crippen LogP contribution in [0.1, 0.15) is 17.3 Å². The van der Waals surface area contributed by atoms with Gasteiger partial charge in [-0.2, -0.15) is 0 Å². The van der Waals surface area contributed by atoms with E-state index in [2.05, 4.69) is 11.2 Å². The van der Waals surface area contributed by atoms with E-state index in [0.717, 1.165) is 6.07 Å². The molecule has 0 radical (unpaired) electrons. The molecule has 0 saturated carbocycles. The van der Waals surface area contributed by atoms with Crippen LogP contribution in [0.15, 0.2) is 12.1 Å². The Morgan fingerprint density at radius 2 is 2.28 bits per heavy atom. The van der Waals surface area contributed by atoms with Crippen molar-refractivity contribution in [2.75, 3.05) is 5.32 Å². The Balaban J connectivity index is 3.34. The minimum absolute atomic E-state index is 0.159. The molecular formula is C11H9FN2O4. The van der Waals surface area contributed by atoms with E-state index < -0.39 is 34.0 Å². The van der Waals surface area contributed by atoms with Crippen molar-refractivity contribution >= 4 is 17.3 Å². The summed E-state index contributed by atoms with van der Waals surface area (Å²) in [7, 11) is 0. The molecule has 0 heterocycles. The summed E-state index contributed by atoms with van der Waals surface area (Å²) in [6, 6.07) is 0.845. The molecule has 0 aliphatic carbocycles. The lowest BCUT2D eigenvalue weighted by atomic mass is 10.1. The molecule has 94 valence electrons. The van der Waals surface area contributed by atoms with Gasteiger partial charge in [-0.15, -0.1) is 6.42 Å². The van der Waals surface area contributed by atoms with E-state index >= 15 is 0 Å². The summed E-state index contributed by atoms with van der Waals surface area (Å²) in [4.78, 5) is 20.6. The maximum absolute atomic E-state index is 13.4. The maximum Gasteiger partial charge on any atom is 0.338 e. The normalized spacial score (nSPS) is 11.4. The average Bonchev–Trinajstić information content (AvgIpc) is 2.27. The quantitative estimate of drug-likeness (QED) is 0.484. The van der Waals surface area contributed by atoms with E-state index in [4.69, 9.17) is 11.5 Å². The SMILES string of the molecule is C#CC(C)Nc1cc(F)c(C(=O)O)cc1[N+](=O)[O-]. The van der Waals surface area contributed by atoms with E-state index in [0.29, 0.717) is 6.07 Å². The van der Waals surface area contributed by atoms with Crippen LogP contribution < -0.4 is 5.32 Å². The second-order valence-electron chi connectivity index (χ2n) is 3.44.